The molecule has 0 heterocycles. The van der Waals surface area contributed by atoms with E-state index in [0.29, 0.717) is 5.56 Å². The zero-order chi connectivity index (χ0) is 15.3. The van der Waals surface area contributed by atoms with Crippen LogP contribution in [0, 0.1) is 0 Å². The molecule has 21 heavy (non-hydrogen) atoms. The number of rotatable bonds is 5. The Hall–Kier alpha value is -1.78. The maximum Gasteiger partial charge on any atom is 0.252 e. The van der Waals surface area contributed by atoms with E-state index in [-0.39, 0.29) is 12.5 Å². The minimum absolute atomic E-state index is 0.161. The summed E-state index contributed by atoms with van der Waals surface area (Å²) in [6, 6.07) is 16.9. The maximum absolute atomic E-state index is 12.4. The number of hydrogen-bond acceptors (Lipinski definition) is 3. The second kappa shape index (κ2) is 6.78. The summed E-state index contributed by atoms with van der Waals surface area (Å²) in [5, 5.41) is 12.6. The summed E-state index contributed by atoms with van der Waals surface area (Å²) in [5.74, 6) is -0.192. The lowest BCUT2D eigenvalue weighted by Gasteiger charge is -2.29. The molecule has 110 valence electrons. The number of benzene rings is 2. The Labute approximate surface area is 129 Å². The number of hydrogen-bond donors (Lipinski definition) is 2. The number of thioether (sulfide) groups is 1. The normalized spacial score (nSPS) is 13.5. The molecule has 0 radical (unpaired) electrons. The molecule has 2 aromatic rings. The zero-order valence-corrected chi connectivity index (χ0v) is 13.0. The fraction of sp³-hybridized carbons (Fsp3) is 0.235. The van der Waals surface area contributed by atoms with Crippen LogP contribution in [0.1, 0.15) is 22.8 Å². The van der Waals surface area contributed by atoms with Crippen molar-refractivity contribution in [1.82, 2.24) is 5.32 Å². The molecule has 0 saturated carbocycles. The van der Waals surface area contributed by atoms with Crippen molar-refractivity contribution >= 4 is 17.7 Å². The van der Waals surface area contributed by atoms with Gasteiger partial charge in [0.2, 0.25) is 0 Å². The Morgan fingerprint density at radius 3 is 2.29 bits per heavy atom. The summed E-state index contributed by atoms with van der Waals surface area (Å²) in [7, 11) is 0. The van der Waals surface area contributed by atoms with Crippen molar-refractivity contribution in [3.05, 3.63) is 65.7 Å². The molecule has 1 amide bonds. The summed E-state index contributed by atoms with van der Waals surface area (Å²) in [5.41, 5.74) is 0.668. The molecule has 0 aliphatic carbocycles. The lowest BCUT2D eigenvalue weighted by atomic mass is 9.92. The molecule has 0 fully saturated rings. The summed E-state index contributed by atoms with van der Waals surface area (Å²) in [6.07, 6.45) is 1.99. The first-order valence-corrected chi connectivity index (χ1v) is 7.94. The van der Waals surface area contributed by atoms with Crippen LogP contribution < -0.4 is 5.32 Å². The van der Waals surface area contributed by atoms with Gasteiger partial charge in [-0.15, -0.1) is 11.8 Å². The van der Waals surface area contributed by atoms with Crippen LogP contribution in [-0.4, -0.2) is 23.9 Å². The smallest absolute Gasteiger partial charge is 0.252 e. The van der Waals surface area contributed by atoms with E-state index in [0.717, 1.165) is 10.5 Å². The molecular formula is C17H19NO2S. The Bertz CT molecular complexity index is 598. The van der Waals surface area contributed by atoms with Gasteiger partial charge in [0.15, 0.2) is 0 Å². The van der Waals surface area contributed by atoms with Crippen molar-refractivity contribution in [3.63, 3.8) is 0 Å². The van der Waals surface area contributed by atoms with Gasteiger partial charge in [-0.25, -0.2) is 0 Å². The lowest BCUT2D eigenvalue weighted by molar-refractivity contribution is 0.0849. The molecule has 0 aliphatic heterocycles. The quantitative estimate of drug-likeness (QED) is 0.835. The third kappa shape index (κ3) is 3.65. The highest BCUT2D eigenvalue weighted by molar-refractivity contribution is 7.98. The predicted octanol–water partition coefficient (Wildman–Crippen LogP) is 3.05. The molecule has 0 aliphatic rings. The molecule has 2 rings (SSSR count). The van der Waals surface area contributed by atoms with Crippen LogP contribution >= 0.6 is 11.8 Å². The van der Waals surface area contributed by atoms with Crippen molar-refractivity contribution in [1.29, 1.82) is 0 Å². The van der Waals surface area contributed by atoms with Gasteiger partial charge >= 0.3 is 0 Å². The Kier molecular flexibility index (Phi) is 5.04. The van der Waals surface area contributed by atoms with Gasteiger partial charge in [-0.1, -0.05) is 30.3 Å². The van der Waals surface area contributed by atoms with E-state index in [4.69, 9.17) is 0 Å². The first-order valence-electron chi connectivity index (χ1n) is 6.72. The lowest BCUT2D eigenvalue weighted by Crippen LogP contribution is -2.46. The van der Waals surface area contributed by atoms with Crippen LogP contribution in [0.5, 0.6) is 0 Å². The molecule has 0 spiro atoms. The van der Waals surface area contributed by atoms with E-state index in [2.05, 4.69) is 5.32 Å². The maximum atomic E-state index is 12.4. The van der Waals surface area contributed by atoms with Gasteiger partial charge in [0.1, 0.15) is 0 Å². The summed E-state index contributed by atoms with van der Waals surface area (Å²) < 4.78 is 0. The summed E-state index contributed by atoms with van der Waals surface area (Å²) in [4.78, 5) is 13.5. The third-order valence-electron chi connectivity index (χ3n) is 3.47. The number of aliphatic hydroxyl groups excluding tert-OH is 1. The standard InChI is InChI=1S/C17H19NO2S/c1-17(12-19,14-6-4-3-5-7-14)18-16(20)13-8-10-15(21-2)11-9-13/h3-11,19H,12H2,1-2H3,(H,18,20). The molecule has 2 N–H and O–H groups in total. The van der Waals surface area contributed by atoms with Gasteiger partial charge < -0.3 is 10.4 Å². The number of carbonyl (C=O) groups excluding carboxylic acids is 1. The minimum atomic E-state index is -0.795. The second-order valence-electron chi connectivity index (χ2n) is 5.04. The molecule has 0 saturated heterocycles. The third-order valence-corrected chi connectivity index (χ3v) is 4.21. The van der Waals surface area contributed by atoms with E-state index in [9.17, 15) is 9.90 Å². The first kappa shape index (κ1) is 15.6. The van der Waals surface area contributed by atoms with Crippen LogP contribution in [0.25, 0.3) is 0 Å². The Morgan fingerprint density at radius 1 is 1.14 bits per heavy atom. The van der Waals surface area contributed by atoms with E-state index < -0.39 is 5.54 Å². The van der Waals surface area contributed by atoms with Crippen molar-refractivity contribution in [2.45, 2.75) is 17.4 Å². The topological polar surface area (TPSA) is 49.3 Å². The van der Waals surface area contributed by atoms with Gasteiger partial charge in [-0.3, -0.25) is 4.79 Å². The fourth-order valence-electron chi connectivity index (χ4n) is 2.07. The molecule has 1 atom stereocenters. The van der Waals surface area contributed by atoms with Crippen molar-refractivity contribution < 1.29 is 9.90 Å². The monoisotopic (exact) mass is 301 g/mol. The fourth-order valence-corrected chi connectivity index (χ4v) is 2.48. The highest BCUT2D eigenvalue weighted by Crippen LogP contribution is 2.21. The average molecular weight is 301 g/mol. The van der Waals surface area contributed by atoms with Crippen molar-refractivity contribution in [2.75, 3.05) is 12.9 Å². The van der Waals surface area contributed by atoms with Crippen LogP contribution in [0.2, 0.25) is 0 Å². The highest BCUT2D eigenvalue weighted by atomic mass is 32.2. The second-order valence-corrected chi connectivity index (χ2v) is 5.92. The van der Waals surface area contributed by atoms with Crippen molar-refractivity contribution in [2.24, 2.45) is 0 Å². The van der Waals surface area contributed by atoms with E-state index >= 15 is 0 Å². The van der Waals surface area contributed by atoms with Crippen LogP contribution in [0.15, 0.2) is 59.5 Å². The van der Waals surface area contributed by atoms with Gasteiger partial charge in [-0.2, -0.15) is 0 Å². The Balaban J connectivity index is 2.19. The molecule has 4 heteroatoms. The SMILES string of the molecule is CSc1ccc(C(=O)NC(C)(CO)c2ccccc2)cc1. The van der Waals surface area contributed by atoms with E-state index in [1.54, 1.807) is 23.9 Å². The van der Waals surface area contributed by atoms with Gasteiger partial charge in [0.25, 0.3) is 5.91 Å². The predicted molar refractivity (Wildman–Crippen MR) is 86.6 cm³/mol. The Morgan fingerprint density at radius 2 is 1.76 bits per heavy atom. The molecule has 3 nitrogen and oxygen atoms in total. The van der Waals surface area contributed by atoms with Gasteiger partial charge in [0, 0.05) is 10.5 Å². The molecule has 2 aromatic carbocycles. The average Bonchev–Trinajstić information content (AvgIpc) is 2.55. The highest BCUT2D eigenvalue weighted by Gasteiger charge is 2.28. The number of nitrogens with one attached hydrogen (secondary N) is 1. The van der Waals surface area contributed by atoms with Crippen LogP contribution in [0.3, 0.4) is 0 Å². The first-order chi connectivity index (χ1) is 10.1. The van der Waals surface area contributed by atoms with Crippen LogP contribution in [-0.2, 0) is 5.54 Å². The minimum Gasteiger partial charge on any atom is -0.394 e. The number of carbonyl (C=O) groups is 1. The molecule has 0 bridgehead atoms. The van der Waals surface area contributed by atoms with E-state index in [1.165, 1.54) is 0 Å². The van der Waals surface area contributed by atoms with Gasteiger partial charge in [0.05, 0.1) is 12.1 Å². The molecule has 0 aromatic heterocycles. The summed E-state index contributed by atoms with van der Waals surface area (Å²) in [6.45, 7) is 1.65. The van der Waals surface area contributed by atoms with Crippen molar-refractivity contribution in [3.8, 4) is 0 Å². The van der Waals surface area contributed by atoms with Crippen LogP contribution in [0.4, 0.5) is 0 Å². The number of aliphatic hydroxyl groups is 1. The number of amides is 1. The largest absolute Gasteiger partial charge is 0.394 e. The van der Waals surface area contributed by atoms with Gasteiger partial charge in [-0.05, 0) is 43.0 Å². The molecule has 1 unspecified atom stereocenters. The molecular weight excluding hydrogens is 282 g/mol. The summed E-state index contributed by atoms with van der Waals surface area (Å²) >= 11 is 1.63. The van der Waals surface area contributed by atoms with E-state index in [1.807, 2.05) is 55.6 Å². The zero-order valence-electron chi connectivity index (χ0n) is 12.2.